The molecular weight excluding hydrogens is 813 g/mol. The summed E-state index contributed by atoms with van der Waals surface area (Å²) in [4.78, 5) is 51.5. The third kappa shape index (κ3) is 9.17. The van der Waals surface area contributed by atoms with E-state index in [4.69, 9.17) is 19.5 Å². The molecule has 3 unspecified atom stereocenters. The number of alkyl carbamates (subject to hydrolysis) is 2. The minimum absolute atomic E-state index is 0.0818. The van der Waals surface area contributed by atoms with Crippen LogP contribution in [-0.4, -0.2) is 121 Å². The second-order valence-electron chi connectivity index (χ2n) is 16.8. The van der Waals surface area contributed by atoms with Crippen molar-refractivity contribution in [2.45, 2.75) is 68.9 Å². The average Bonchev–Trinajstić information content (AvgIpc) is 4.10. The first-order valence-electron chi connectivity index (χ1n) is 21.5. The van der Waals surface area contributed by atoms with E-state index in [0.29, 0.717) is 43.3 Å². The molecule has 15 nitrogen and oxygen atoms in total. The standard InChI is InChI=1S/C49H54N8O7/c1-28(2)41(54-48(61)63-4)46(59)57-27-37(58)19-20-40(57)44-50-26-39(52-44)36-18-17-34-23-33(15-16-35(34)24-36)30-11-13-31(14-12-30)38-25-51-45(53-38)43-29(3)21-22-56(43)47(60)42(55-49(62)64-5)32-9-7-6-8-10-32/h6-18,23-24,28,37-43,46,58-59H,3,21-22,25-27H2,1-2,4-5H3,(H,50,52)(H,51,53)(H,54,61)(H,55,62)/t37-,38?,39?,40-,41-,42+,43-,46?/m0/s1. The first-order valence-corrected chi connectivity index (χ1v) is 21.5. The van der Waals surface area contributed by atoms with Gasteiger partial charge in [0.05, 0.1) is 45.4 Å². The highest BCUT2D eigenvalue weighted by atomic mass is 16.5. The summed E-state index contributed by atoms with van der Waals surface area (Å²) >= 11 is 0. The summed E-state index contributed by atoms with van der Waals surface area (Å²) in [6.45, 7) is 9.59. The molecule has 3 amide bonds. The number of carbonyl (C=O) groups excluding carboxylic acids is 3. The zero-order valence-corrected chi connectivity index (χ0v) is 36.3. The van der Waals surface area contributed by atoms with Crippen molar-refractivity contribution in [3.05, 3.63) is 120 Å². The molecule has 15 heteroatoms. The molecule has 1 fully saturated rings. The van der Waals surface area contributed by atoms with Gasteiger partial charge in [-0.05, 0) is 68.6 Å². The number of fused-ring (bicyclic) bond motifs is 1. The number of hydrogen-bond acceptors (Lipinski definition) is 12. The number of aliphatic imine (C=N–C) groups is 2. The summed E-state index contributed by atoms with van der Waals surface area (Å²) in [5.74, 6) is 6.80. The monoisotopic (exact) mass is 866 g/mol. The average molecular weight is 867 g/mol. The predicted molar refractivity (Wildman–Crippen MR) is 244 cm³/mol. The molecular formula is C49H54N8O7. The van der Waals surface area contributed by atoms with Crippen LogP contribution >= 0.6 is 0 Å². The molecule has 4 aliphatic rings. The fraction of sp³-hybridized carbons (Fsp3) is 0.367. The summed E-state index contributed by atoms with van der Waals surface area (Å²) in [5, 5.41) is 36.6. The first-order chi connectivity index (χ1) is 30.9. The minimum Gasteiger partial charge on any atom is -0.453 e. The van der Waals surface area contributed by atoms with E-state index >= 15 is 0 Å². The fourth-order valence-corrected chi connectivity index (χ4v) is 8.88. The van der Waals surface area contributed by atoms with E-state index in [-0.39, 0.29) is 30.5 Å². The lowest BCUT2D eigenvalue weighted by Gasteiger charge is -2.40. The SMILES string of the molecule is C=C1CCN(C(=O)[C@H](NC(=O)OC)c2ccccc2)[C@@H]1C1=NCC(c2ccc(-c3ccc4cc(C5CN=C([C@@H]6C#C[C@H](O)CN6C(O)[C@@H](NC(=O)OC)C(C)C)N5)ccc4c3)cc2)N1. The van der Waals surface area contributed by atoms with E-state index in [1.165, 1.54) is 14.2 Å². The smallest absolute Gasteiger partial charge is 0.407 e. The lowest BCUT2D eigenvalue weighted by molar-refractivity contribution is -0.133. The summed E-state index contributed by atoms with van der Waals surface area (Å²) in [6.07, 6.45) is -2.83. The Kier molecular flexibility index (Phi) is 13.0. The number of amidine groups is 2. The third-order valence-corrected chi connectivity index (χ3v) is 12.4. The van der Waals surface area contributed by atoms with Crippen molar-refractivity contribution in [2.24, 2.45) is 15.9 Å². The van der Waals surface area contributed by atoms with Gasteiger partial charge in [0.15, 0.2) is 0 Å². The zero-order chi connectivity index (χ0) is 45.1. The third-order valence-electron chi connectivity index (χ3n) is 12.4. The Morgan fingerprint density at radius 2 is 1.44 bits per heavy atom. The maximum Gasteiger partial charge on any atom is 0.407 e. The number of β-amino-alcohol motifs (C(OH)–C–C–N with tert-alkyl or cyclic N) is 1. The Hall–Kier alpha value is -6.73. The molecule has 4 aromatic carbocycles. The van der Waals surface area contributed by atoms with Gasteiger partial charge in [-0.1, -0.05) is 111 Å². The normalized spacial score (nSPS) is 23.2. The van der Waals surface area contributed by atoms with Crippen molar-refractivity contribution in [1.82, 2.24) is 31.1 Å². The molecule has 6 N–H and O–H groups in total. The highest BCUT2D eigenvalue weighted by Crippen LogP contribution is 2.33. The van der Waals surface area contributed by atoms with Gasteiger partial charge in [0.2, 0.25) is 0 Å². The van der Waals surface area contributed by atoms with Gasteiger partial charge in [0, 0.05) is 13.1 Å². The van der Waals surface area contributed by atoms with Gasteiger partial charge in [-0.25, -0.2) is 9.59 Å². The largest absolute Gasteiger partial charge is 0.453 e. The lowest BCUT2D eigenvalue weighted by atomic mass is 9.96. The summed E-state index contributed by atoms with van der Waals surface area (Å²) in [6, 6.07) is 27.5. The zero-order valence-electron chi connectivity index (χ0n) is 36.3. The van der Waals surface area contributed by atoms with Crippen LogP contribution in [0, 0.1) is 17.8 Å². The molecule has 4 heterocycles. The number of ether oxygens (including phenoxy) is 2. The van der Waals surface area contributed by atoms with Crippen LogP contribution < -0.4 is 21.3 Å². The molecule has 1 saturated heterocycles. The number of likely N-dealkylation sites (tertiary alicyclic amines) is 1. The van der Waals surface area contributed by atoms with Crippen molar-refractivity contribution < 1.29 is 34.1 Å². The molecule has 0 saturated carbocycles. The second-order valence-corrected chi connectivity index (χ2v) is 16.8. The van der Waals surface area contributed by atoms with Gasteiger partial charge in [-0.3, -0.25) is 19.7 Å². The maximum atomic E-state index is 14.1. The number of benzene rings is 4. The Labute approximate surface area is 372 Å². The van der Waals surface area contributed by atoms with Gasteiger partial charge in [0.1, 0.15) is 42.1 Å². The number of rotatable bonds is 12. The molecule has 8 atom stereocenters. The molecule has 0 spiro atoms. The van der Waals surface area contributed by atoms with E-state index in [1.54, 1.807) is 21.9 Å². The van der Waals surface area contributed by atoms with E-state index < -0.39 is 48.7 Å². The number of amides is 3. The summed E-state index contributed by atoms with van der Waals surface area (Å²) < 4.78 is 9.64. The van der Waals surface area contributed by atoms with Gasteiger partial charge in [-0.2, -0.15) is 0 Å². The Bertz CT molecular complexity index is 2530. The molecule has 4 aromatic rings. The van der Waals surface area contributed by atoms with E-state index in [9.17, 15) is 24.6 Å². The molecule has 332 valence electrons. The van der Waals surface area contributed by atoms with Crippen molar-refractivity contribution >= 4 is 40.5 Å². The number of nitrogens with one attached hydrogen (secondary N) is 4. The van der Waals surface area contributed by atoms with Crippen LogP contribution in [0.2, 0.25) is 0 Å². The second kappa shape index (κ2) is 18.9. The molecule has 0 aliphatic carbocycles. The molecule has 0 aromatic heterocycles. The number of aliphatic hydroxyl groups is 2. The van der Waals surface area contributed by atoms with Crippen molar-refractivity contribution in [3.63, 3.8) is 0 Å². The summed E-state index contributed by atoms with van der Waals surface area (Å²) in [7, 11) is 2.55. The minimum atomic E-state index is -1.16. The molecule has 8 rings (SSSR count). The lowest BCUT2D eigenvalue weighted by Crippen LogP contribution is -2.61. The van der Waals surface area contributed by atoms with Gasteiger partial charge in [-0.15, -0.1) is 0 Å². The first kappa shape index (κ1) is 43.9. The van der Waals surface area contributed by atoms with Crippen LogP contribution in [0.3, 0.4) is 0 Å². The number of nitrogens with zero attached hydrogens (tertiary/aromatic N) is 4. The highest BCUT2D eigenvalue weighted by Gasteiger charge is 2.42. The van der Waals surface area contributed by atoms with Gasteiger partial charge < -0.3 is 45.9 Å². The number of carbonyl (C=O) groups is 3. The number of aliphatic hydroxyl groups excluding tert-OH is 2. The van der Waals surface area contributed by atoms with Gasteiger partial charge in [0.25, 0.3) is 5.91 Å². The molecule has 0 bridgehead atoms. The van der Waals surface area contributed by atoms with Crippen LogP contribution in [0.25, 0.3) is 21.9 Å². The highest BCUT2D eigenvalue weighted by molar-refractivity contribution is 5.98. The van der Waals surface area contributed by atoms with Crippen molar-refractivity contribution in [2.75, 3.05) is 40.4 Å². The fourth-order valence-electron chi connectivity index (χ4n) is 8.88. The van der Waals surface area contributed by atoms with Crippen LogP contribution in [0.4, 0.5) is 9.59 Å². The number of methoxy groups -OCH3 is 2. The molecule has 64 heavy (non-hydrogen) atoms. The van der Waals surface area contributed by atoms with Crippen LogP contribution in [0.1, 0.15) is 55.1 Å². The van der Waals surface area contributed by atoms with Gasteiger partial charge >= 0.3 is 12.2 Å². The Morgan fingerprint density at radius 3 is 2.16 bits per heavy atom. The summed E-state index contributed by atoms with van der Waals surface area (Å²) in [5.41, 5.74) is 5.81. The van der Waals surface area contributed by atoms with Crippen molar-refractivity contribution in [1.29, 1.82) is 0 Å². The number of hydrogen-bond donors (Lipinski definition) is 6. The Balaban J connectivity index is 0.909. The van der Waals surface area contributed by atoms with Crippen LogP contribution in [-0.2, 0) is 14.3 Å². The maximum absolute atomic E-state index is 14.1. The van der Waals surface area contributed by atoms with Crippen LogP contribution in [0.5, 0.6) is 0 Å². The predicted octanol–water partition coefficient (Wildman–Crippen LogP) is 4.59. The Morgan fingerprint density at radius 1 is 0.812 bits per heavy atom. The van der Waals surface area contributed by atoms with E-state index in [0.717, 1.165) is 38.6 Å². The van der Waals surface area contributed by atoms with E-state index in [2.05, 4.69) is 100 Å². The van der Waals surface area contributed by atoms with E-state index in [1.807, 2.05) is 32.0 Å². The van der Waals surface area contributed by atoms with Crippen molar-refractivity contribution in [3.8, 4) is 23.0 Å². The molecule has 0 radical (unpaired) electrons. The quantitative estimate of drug-likeness (QED) is 0.0869. The topological polar surface area (TPSA) is 189 Å². The molecule has 4 aliphatic heterocycles. The van der Waals surface area contributed by atoms with Crippen LogP contribution in [0.15, 0.2) is 113 Å².